The monoisotopic (exact) mass is 430 g/mol. The number of primary amides is 1. The van der Waals surface area contributed by atoms with Gasteiger partial charge in [-0.25, -0.2) is 8.78 Å². The minimum absolute atomic E-state index is 0.0854. The van der Waals surface area contributed by atoms with E-state index in [9.17, 15) is 18.4 Å². The number of hydrogen-bond acceptors (Lipinski definition) is 2. The lowest BCUT2D eigenvalue weighted by Gasteiger charge is -2.16. The second kappa shape index (κ2) is 7.49. The standard InChI is InChI=1S/C16H13F2IN2O2/c17-12-6-3-10(8-13(12)18)16(23)21-14(15(20)22)7-9-1-4-11(19)5-2-9/h1-6,8,14H,7H2,(H2,20,22)(H,21,23)/t14-/m0/s1. The molecule has 0 saturated carbocycles. The summed E-state index contributed by atoms with van der Waals surface area (Å²) in [5.41, 5.74) is 6.04. The van der Waals surface area contributed by atoms with Crippen LogP contribution in [-0.2, 0) is 11.2 Å². The smallest absolute Gasteiger partial charge is 0.252 e. The molecule has 4 nitrogen and oxygen atoms in total. The maximum atomic E-state index is 13.2. The molecule has 0 heterocycles. The Bertz CT molecular complexity index is 735. The molecular formula is C16H13F2IN2O2. The Morgan fingerprint density at radius 3 is 2.30 bits per heavy atom. The number of rotatable bonds is 5. The third kappa shape index (κ3) is 4.72. The molecule has 3 N–H and O–H groups in total. The van der Waals surface area contributed by atoms with E-state index in [1.165, 1.54) is 0 Å². The van der Waals surface area contributed by atoms with E-state index in [2.05, 4.69) is 27.9 Å². The first-order chi connectivity index (χ1) is 10.9. The molecule has 2 aromatic rings. The van der Waals surface area contributed by atoms with Crippen molar-refractivity contribution in [1.82, 2.24) is 5.32 Å². The summed E-state index contributed by atoms with van der Waals surface area (Å²) in [5.74, 6) is -3.59. The van der Waals surface area contributed by atoms with Crippen molar-refractivity contribution in [3.05, 3.63) is 68.8 Å². The summed E-state index contributed by atoms with van der Waals surface area (Å²) in [5, 5.41) is 2.44. The van der Waals surface area contributed by atoms with Gasteiger partial charge in [0.1, 0.15) is 6.04 Å². The topological polar surface area (TPSA) is 72.2 Å². The van der Waals surface area contributed by atoms with Crippen molar-refractivity contribution < 1.29 is 18.4 Å². The van der Waals surface area contributed by atoms with Gasteiger partial charge in [0.05, 0.1) is 0 Å². The highest BCUT2D eigenvalue weighted by Crippen LogP contribution is 2.11. The van der Waals surface area contributed by atoms with Crippen LogP contribution in [0.5, 0.6) is 0 Å². The molecule has 2 aromatic carbocycles. The molecule has 2 rings (SSSR count). The molecule has 0 fully saturated rings. The molecule has 0 bridgehead atoms. The van der Waals surface area contributed by atoms with Crippen LogP contribution in [-0.4, -0.2) is 17.9 Å². The maximum Gasteiger partial charge on any atom is 0.252 e. The van der Waals surface area contributed by atoms with E-state index in [0.717, 1.165) is 27.3 Å². The predicted molar refractivity (Wildman–Crippen MR) is 89.7 cm³/mol. The molecule has 0 saturated heterocycles. The minimum atomic E-state index is -1.13. The Hall–Kier alpha value is -2.03. The second-order valence-electron chi connectivity index (χ2n) is 4.89. The van der Waals surface area contributed by atoms with E-state index < -0.39 is 29.5 Å². The number of hydrogen-bond donors (Lipinski definition) is 2. The normalized spacial score (nSPS) is 11.8. The van der Waals surface area contributed by atoms with Crippen molar-refractivity contribution in [3.63, 3.8) is 0 Å². The van der Waals surface area contributed by atoms with Gasteiger partial charge in [-0.05, 0) is 58.5 Å². The van der Waals surface area contributed by atoms with E-state index in [1.807, 2.05) is 24.3 Å². The highest BCUT2D eigenvalue weighted by Gasteiger charge is 2.20. The lowest BCUT2D eigenvalue weighted by atomic mass is 10.0. The number of amides is 2. The Balaban J connectivity index is 2.12. The van der Waals surface area contributed by atoms with E-state index in [1.54, 1.807) is 0 Å². The van der Waals surface area contributed by atoms with E-state index in [-0.39, 0.29) is 12.0 Å². The number of carbonyl (C=O) groups is 2. The van der Waals surface area contributed by atoms with Crippen LogP contribution in [0.4, 0.5) is 8.78 Å². The second-order valence-corrected chi connectivity index (χ2v) is 6.13. The van der Waals surface area contributed by atoms with Gasteiger partial charge < -0.3 is 11.1 Å². The minimum Gasteiger partial charge on any atom is -0.368 e. The number of nitrogens with two attached hydrogens (primary N) is 1. The lowest BCUT2D eigenvalue weighted by Crippen LogP contribution is -2.45. The van der Waals surface area contributed by atoms with Crippen molar-refractivity contribution in [2.45, 2.75) is 12.5 Å². The Morgan fingerprint density at radius 1 is 1.09 bits per heavy atom. The predicted octanol–water partition coefficient (Wildman–Crippen LogP) is 2.40. The lowest BCUT2D eigenvalue weighted by molar-refractivity contribution is -0.119. The third-order valence-corrected chi connectivity index (χ3v) is 3.90. The zero-order valence-corrected chi connectivity index (χ0v) is 14.0. The fourth-order valence-electron chi connectivity index (χ4n) is 1.96. The van der Waals surface area contributed by atoms with Crippen LogP contribution in [0.3, 0.4) is 0 Å². The number of benzene rings is 2. The summed E-state index contributed by atoms with van der Waals surface area (Å²) in [6.45, 7) is 0. The quantitative estimate of drug-likeness (QED) is 0.716. The fourth-order valence-corrected chi connectivity index (χ4v) is 2.32. The third-order valence-electron chi connectivity index (χ3n) is 3.18. The SMILES string of the molecule is NC(=O)[C@H](Cc1ccc(I)cc1)NC(=O)c1ccc(F)c(F)c1. The Labute approximate surface area is 145 Å². The van der Waals surface area contributed by atoms with Crippen LogP contribution in [0, 0.1) is 15.2 Å². The average Bonchev–Trinajstić information content (AvgIpc) is 2.51. The summed E-state index contributed by atoms with van der Waals surface area (Å²) >= 11 is 2.15. The summed E-state index contributed by atoms with van der Waals surface area (Å²) in [6, 6.07) is 9.18. The van der Waals surface area contributed by atoms with Gasteiger partial charge in [0.15, 0.2) is 11.6 Å². The van der Waals surface area contributed by atoms with Gasteiger partial charge in [-0.15, -0.1) is 0 Å². The molecular weight excluding hydrogens is 417 g/mol. The number of nitrogens with one attached hydrogen (secondary N) is 1. The highest BCUT2D eigenvalue weighted by molar-refractivity contribution is 14.1. The van der Waals surface area contributed by atoms with Gasteiger partial charge in [-0.2, -0.15) is 0 Å². The van der Waals surface area contributed by atoms with Crippen molar-refractivity contribution in [2.75, 3.05) is 0 Å². The molecule has 0 aromatic heterocycles. The van der Waals surface area contributed by atoms with Gasteiger partial charge >= 0.3 is 0 Å². The molecule has 0 aliphatic heterocycles. The summed E-state index contributed by atoms with van der Waals surface area (Å²) in [4.78, 5) is 23.6. The maximum absolute atomic E-state index is 13.2. The Morgan fingerprint density at radius 2 is 1.74 bits per heavy atom. The fraction of sp³-hybridized carbons (Fsp3) is 0.125. The zero-order chi connectivity index (χ0) is 17.0. The number of halogens is 3. The van der Waals surface area contributed by atoms with Crippen molar-refractivity contribution in [1.29, 1.82) is 0 Å². The number of carbonyl (C=O) groups excluding carboxylic acids is 2. The first kappa shape index (κ1) is 17.3. The molecule has 23 heavy (non-hydrogen) atoms. The summed E-state index contributed by atoms with van der Waals surface area (Å²) < 4.78 is 27.1. The first-order valence-electron chi connectivity index (χ1n) is 6.66. The van der Waals surface area contributed by atoms with Crippen LogP contribution in [0.25, 0.3) is 0 Å². The highest BCUT2D eigenvalue weighted by atomic mass is 127. The molecule has 0 spiro atoms. The van der Waals surface area contributed by atoms with Crippen molar-refractivity contribution in [2.24, 2.45) is 5.73 Å². The largest absolute Gasteiger partial charge is 0.368 e. The molecule has 7 heteroatoms. The molecule has 0 aliphatic carbocycles. The van der Waals surface area contributed by atoms with Crippen LogP contribution in [0.15, 0.2) is 42.5 Å². The van der Waals surface area contributed by atoms with Crippen molar-refractivity contribution in [3.8, 4) is 0 Å². The average molecular weight is 430 g/mol. The summed E-state index contributed by atoms with van der Waals surface area (Å²) in [7, 11) is 0. The van der Waals surface area contributed by atoms with Gasteiger partial charge in [0.2, 0.25) is 5.91 Å². The van der Waals surface area contributed by atoms with E-state index in [0.29, 0.717) is 0 Å². The van der Waals surface area contributed by atoms with Crippen LogP contribution < -0.4 is 11.1 Å². The molecule has 120 valence electrons. The van der Waals surface area contributed by atoms with Crippen LogP contribution in [0.2, 0.25) is 0 Å². The molecule has 2 amide bonds. The van der Waals surface area contributed by atoms with E-state index >= 15 is 0 Å². The van der Waals surface area contributed by atoms with Gasteiger partial charge in [-0.3, -0.25) is 9.59 Å². The first-order valence-corrected chi connectivity index (χ1v) is 7.74. The molecule has 0 aliphatic rings. The summed E-state index contributed by atoms with van der Waals surface area (Å²) in [6.07, 6.45) is 0.210. The van der Waals surface area contributed by atoms with Crippen molar-refractivity contribution >= 4 is 34.4 Å². The van der Waals surface area contributed by atoms with Crippen LogP contribution >= 0.6 is 22.6 Å². The Kier molecular flexibility index (Phi) is 5.64. The van der Waals surface area contributed by atoms with Gasteiger partial charge in [0.25, 0.3) is 5.91 Å². The van der Waals surface area contributed by atoms with Crippen LogP contribution in [0.1, 0.15) is 15.9 Å². The zero-order valence-electron chi connectivity index (χ0n) is 11.9. The molecule has 0 unspecified atom stereocenters. The molecule has 0 radical (unpaired) electrons. The van der Waals surface area contributed by atoms with E-state index in [4.69, 9.17) is 5.73 Å². The van der Waals surface area contributed by atoms with Gasteiger partial charge in [-0.1, -0.05) is 12.1 Å². The van der Waals surface area contributed by atoms with Gasteiger partial charge in [0, 0.05) is 15.6 Å². The molecule has 1 atom stereocenters.